The zero-order valence-corrected chi connectivity index (χ0v) is 17.3. The maximum atomic E-state index is 12.8. The van der Waals surface area contributed by atoms with E-state index in [1.807, 2.05) is 19.9 Å². The summed E-state index contributed by atoms with van der Waals surface area (Å²) in [5.74, 6) is 1.13. The molecule has 1 N–H and O–H groups in total. The average molecular weight is 416 g/mol. The van der Waals surface area contributed by atoms with Gasteiger partial charge in [-0.15, -0.1) is 0 Å². The highest BCUT2D eigenvalue weighted by atomic mass is 32.2. The maximum absolute atomic E-state index is 12.8. The van der Waals surface area contributed by atoms with E-state index >= 15 is 0 Å². The smallest absolute Gasteiger partial charge is 0.253 e. The second-order valence-electron chi connectivity index (χ2n) is 7.50. The molecule has 0 spiro atoms. The van der Waals surface area contributed by atoms with Crippen molar-refractivity contribution in [3.8, 4) is 11.5 Å². The molecule has 0 aromatic heterocycles. The Balaban J connectivity index is 1.37. The van der Waals surface area contributed by atoms with Gasteiger partial charge in [0.2, 0.25) is 16.8 Å². The number of carbonyl (C=O) groups is 1. The van der Waals surface area contributed by atoms with Crippen molar-refractivity contribution in [2.75, 3.05) is 19.9 Å². The normalized spacial score (nSPS) is 16.8. The summed E-state index contributed by atoms with van der Waals surface area (Å²) in [5, 5.41) is 0. The van der Waals surface area contributed by atoms with Gasteiger partial charge in [0.1, 0.15) is 0 Å². The fourth-order valence-electron chi connectivity index (χ4n) is 3.58. The topological polar surface area (TPSA) is 84.9 Å². The molecule has 4 rings (SSSR count). The molecule has 2 aliphatic rings. The number of likely N-dealkylation sites (tertiary alicyclic amines) is 1. The molecule has 1 amide bonds. The van der Waals surface area contributed by atoms with Crippen LogP contribution in [-0.4, -0.2) is 45.1 Å². The maximum Gasteiger partial charge on any atom is 0.253 e. The number of nitrogens with zero attached hydrogens (tertiary/aromatic N) is 1. The minimum atomic E-state index is -3.58. The van der Waals surface area contributed by atoms with Crippen LogP contribution in [0.4, 0.5) is 0 Å². The van der Waals surface area contributed by atoms with Crippen LogP contribution in [0.2, 0.25) is 0 Å². The number of ether oxygens (including phenoxy) is 2. The first-order chi connectivity index (χ1) is 13.8. The summed E-state index contributed by atoms with van der Waals surface area (Å²) in [6.45, 7) is 5.00. The number of amides is 1. The quantitative estimate of drug-likeness (QED) is 0.828. The van der Waals surface area contributed by atoms with Gasteiger partial charge < -0.3 is 14.4 Å². The van der Waals surface area contributed by atoms with E-state index in [-0.39, 0.29) is 23.6 Å². The Bertz CT molecular complexity index is 1040. The van der Waals surface area contributed by atoms with E-state index in [1.165, 1.54) is 0 Å². The molecule has 1 saturated heterocycles. The summed E-state index contributed by atoms with van der Waals surface area (Å²) in [6, 6.07) is 10.1. The van der Waals surface area contributed by atoms with Crippen LogP contribution in [0.25, 0.3) is 0 Å². The van der Waals surface area contributed by atoms with Crippen molar-refractivity contribution in [3.63, 3.8) is 0 Å². The summed E-state index contributed by atoms with van der Waals surface area (Å²) < 4.78 is 38.8. The molecule has 8 heteroatoms. The van der Waals surface area contributed by atoms with E-state index in [4.69, 9.17) is 9.47 Å². The molecule has 1 fully saturated rings. The van der Waals surface area contributed by atoms with Crippen molar-refractivity contribution in [1.82, 2.24) is 9.62 Å². The molecule has 154 valence electrons. The van der Waals surface area contributed by atoms with E-state index in [9.17, 15) is 13.2 Å². The summed E-state index contributed by atoms with van der Waals surface area (Å²) in [5.41, 5.74) is 2.54. The molecule has 0 radical (unpaired) electrons. The van der Waals surface area contributed by atoms with Crippen LogP contribution in [0.15, 0.2) is 41.3 Å². The Hall–Kier alpha value is -2.58. The number of hydrogen-bond donors (Lipinski definition) is 1. The predicted octanol–water partition coefficient (Wildman–Crippen LogP) is 2.62. The zero-order valence-electron chi connectivity index (χ0n) is 16.5. The lowest BCUT2D eigenvalue weighted by Crippen LogP contribution is -2.46. The molecule has 29 heavy (non-hydrogen) atoms. The van der Waals surface area contributed by atoms with E-state index in [0.717, 1.165) is 11.1 Å². The molecule has 0 aliphatic carbocycles. The standard InChI is InChI=1S/C21H24N2O5S/c1-14-3-5-18(11-15(14)2)29(25,26)22-17-7-9-23(10-8-17)21(24)16-4-6-19-20(12-16)28-13-27-19/h3-6,11-12,17,22H,7-10,13H2,1-2H3. The van der Waals surface area contributed by atoms with Gasteiger partial charge in [-0.25, -0.2) is 13.1 Å². The number of benzene rings is 2. The lowest BCUT2D eigenvalue weighted by Gasteiger charge is -2.32. The average Bonchev–Trinajstić information content (AvgIpc) is 3.17. The highest BCUT2D eigenvalue weighted by Gasteiger charge is 2.28. The largest absolute Gasteiger partial charge is 0.454 e. The van der Waals surface area contributed by atoms with Crippen LogP contribution >= 0.6 is 0 Å². The SMILES string of the molecule is Cc1ccc(S(=O)(=O)NC2CCN(C(=O)c3ccc4c(c3)OCO4)CC2)cc1C. The molecule has 0 saturated carbocycles. The molecule has 2 aliphatic heterocycles. The fourth-order valence-corrected chi connectivity index (χ4v) is 4.97. The van der Waals surface area contributed by atoms with Gasteiger partial charge in [-0.1, -0.05) is 6.07 Å². The van der Waals surface area contributed by atoms with E-state index in [2.05, 4.69) is 4.72 Å². The number of nitrogens with one attached hydrogen (secondary N) is 1. The Kier molecular flexibility index (Phi) is 5.23. The van der Waals surface area contributed by atoms with Crippen LogP contribution in [0.5, 0.6) is 11.5 Å². The molecule has 2 heterocycles. The third kappa shape index (κ3) is 4.09. The van der Waals surface area contributed by atoms with Gasteiger partial charge in [-0.05, 0) is 68.1 Å². The molecule has 7 nitrogen and oxygen atoms in total. The molecule has 0 unspecified atom stereocenters. The van der Waals surface area contributed by atoms with E-state index in [1.54, 1.807) is 35.2 Å². The van der Waals surface area contributed by atoms with Gasteiger partial charge >= 0.3 is 0 Å². The van der Waals surface area contributed by atoms with Crippen molar-refractivity contribution in [1.29, 1.82) is 0 Å². The fraction of sp³-hybridized carbons (Fsp3) is 0.381. The molecule has 0 bridgehead atoms. The van der Waals surface area contributed by atoms with Crippen molar-refractivity contribution >= 4 is 15.9 Å². The summed E-state index contributed by atoms with van der Waals surface area (Å²) in [6.07, 6.45) is 1.14. The summed E-state index contributed by atoms with van der Waals surface area (Å²) >= 11 is 0. The number of fused-ring (bicyclic) bond motifs is 1. The number of aryl methyl sites for hydroxylation is 2. The summed E-state index contributed by atoms with van der Waals surface area (Å²) in [4.78, 5) is 14.8. The number of piperidine rings is 1. The van der Waals surface area contributed by atoms with Crippen molar-refractivity contribution < 1.29 is 22.7 Å². The number of sulfonamides is 1. The lowest BCUT2D eigenvalue weighted by atomic mass is 10.0. The van der Waals surface area contributed by atoms with Crippen LogP contribution < -0.4 is 14.2 Å². The third-order valence-electron chi connectivity index (χ3n) is 5.51. The minimum absolute atomic E-state index is 0.0845. The number of rotatable bonds is 4. The van der Waals surface area contributed by atoms with E-state index in [0.29, 0.717) is 43.0 Å². The first-order valence-electron chi connectivity index (χ1n) is 9.62. The van der Waals surface area contributed by atoms with Crippen molar-refractivity contribution in [3.05, 3.63) is 53.1 Å². The van der Waals surface area contributed by atoms with Crippen LogP contribution in [-0.2, 0) is 10.0 Å². The second-order valence-corrected chi connectivity index (χ2v) is 9.22. The highest BCUT2D eigenvalue weighted by molar-refractivity contribution is 7.89. The van der Waals surface area contributed by atoms with Crippen LogP contribution in [0, 0.1) is 13.8 Å². The van der Waals surface area contributed by atoms with Crippen LogP contribution in [0.1, 0.15) is 34.3 Å². The predicted molar refractivity (Wildman–Crippen MR) is 108 cm³/mol. The monoisotopic (exact) mass is 416 g/mol. The van der Waals surface area contributed by atoms with Crippen molar-refractivity contribution in [2.45, 2.75) is 37.6 Å². The van der Waals surface area contributed by atoms with Gasteiger partial charge in [-0.2, -0.15) is 0 Å². The molecular formula is C21H24N2O5S. The van der Waals surface area contributed by atoms with Gasteiger partial charge in [0.05, 0.1) is 4.90 Å². The molecule has 2 aromatic carbocycles. The first-order valence-corrected chi connectivity index (χ1v) is 11.1. The Morgan fingerprint density at radius 3 is 2.45 bits per heavy atom. The summed E-state index contributed by atoms with van der Waals surface area (Å²) in [7, 11) is -3.58. The Labute approximate surface area is 170 Å². The zero-order chi connectivity index (χ0) is 20.6. The minimum Gasteiger partial charge on any atom is -0.454 e. The van der Waals surface area contributed by atoms with E-state index < -0.39 is 10.0 Å². The van der Waals surface area contributed by atoms with Gasteiger partial charge in [0, 0.05) is 24.7 Å². The molecular weight excluding hydrogens is 392 g/mol. The van der Waals surface area contributed by atoms with Crippen LogP contribution in [0.3, 0.4) is 0 Å². The molecule has 0 atom stereocenters. The number of carbonyl (C=O) groups excluding carboxylic acids is 1. The number of hydrogen-bond acceptors (Lipinski definition) is 5. The first kappa shape index (κ1) is 19.7. The van der Waals surface area contributed by atoms with Gasteiger partial charge in [0.25, 0.3) is 5.91 Å². The Morgan fingerprint density at radius 1 is 1.00 bits per heavy atom. The van der Waals surface area contributed by atoms with Gasteiger partial charge in [-0.3, -0.25) is 4.79 Å². The second kappa shape index (κ2) is 7.68. The lowest BCUT2D eigenvalue weighted by molar-refractivity contribution is 0.0711. The third-order valence-corrected chi connectivity index (χ3v) is 7.03. The highest BCUT2D eigenvalue weighted by Crippen LogP contribution is 2.33. The van der Waals surface area contributed by atoms with Gasteiger partial charge in [0.15, 0.2) is 11.5 Å². The van der Waals surface area contributed by atoms with Crippen molar-refractivity contribution in [2.24, 2.45) is 0 Å². The molecule has 2 aromatic rings. The Morgan fingerprint density at radius 2 is 1.72 bits per heavy atom.